The normalized spacial score (nSPS) is 24.6. The molecule has 12 heteroatoms. The molecule has 4 heterocycles. The van der Waals surface area contributed by atoms with Crippen LogP contribution in [0.3, 0.4) is 0 Å². The maximum Gasteiger partial charge on any atom is 0.410 e. The van der Waals surface area contributed by atoms with Gasteiger partial charge in [0, 0.05) is 47.7 Å². The van der Waals surface area contributed by atoms with Gasteiger partial charge in [-0.1, -0.05) is 6.07 Å². The van der Waals surface area contributed by atoms with E-state index in [9.17, 15) is 17.6 Å². The molecular weight excluding hydrogens is 521 g/mol. The fraction of sp³-hybridized carbons (Fsp3) is 0.480. The quantitative estimate of drug-likeness (QED) is 0.473. The summed E-state index contributed by atoms with van der Waals surface area (Å²) in [5, 5.41) is 1.77. The molecule has 2 atom stereocenters. The minimum Gasteiger partial charge on any atom is -0.472 e. The number of rotatable bonds is 5. The van der Waals surface area contributed by atoms with Crippen LogP contribution < -0.4 is 4.74 Å². The molecule has 2 unspecified atom stereocenters. The second kappa shape index (κ2) is 8.88. The molecular formula is C25H26FN3O6S2. The van der Waals surface area contributed by atoms with E-state index >= 15 is 0 Å². The van der Waals surface area contributed by atoms with Crippen LogP contribution in [0.15, 0.2) is 34.8 Å². The summed E-state index contributed by atoms with van der Waals surface area (Å²) in [7, 11) is -3.53. The Kier molecular flexibility index (Phi) is 5.88. The zero-order valence-corrected chi connectivity index (χ0v) is 22.0. The Hall–Kier alpha value is -2.83. The maximum absolute atomic E-state index is 14.9. The molecule has 6 rings (SSSR count). The molecule has 2 aliphatic heterocycles. The molecule has 1 aliphatic carbocycles. The van der Waals surface area contributed by atoms with Gasteiger partial charge in [0.15, 0.2) is 9.84 Å². The first-order valence-electron chi connectivity index (χ1n) is 12.1. The summed E-state index contributed by atoms with van der Waals surface area (Å²) in [5.74, 6) is -0.331. The highest BCUT2D eigenvalue weighted by atomic mass is 32.2. The number of halogens is 1. The Labute approximate surface area is 217 Å². The lowest BCUT2D eigenvalue weighted by Gasteiger charge is -2.46. The van der Waals surface area contributed by atoms with Gasteiger partial charge in [-0.05, 0) is 31.9 Å². The lowest BCUT2D eigenvalue weighted by Crippen LogP contribution is -2.59. The van der Waals surface area contributed by atoms with Crippen molar-refractivity contribution in [2.45, 2.75) is 36.4 Å². The zero-order chi connectivity index (χ0) is 25.9. The van der Waals surface area contributed by atoms with Crippen molar-refractivity contribution in [3.05, 3.63) is 35.7 Å². The number of fused-ring (bicyclic) bond motifs is 3. The Balaban J connectivity index is 1.25. The van der Waals surface area contributed by atoms with Crippen LogP contribution in [-0.2, 0) is 19.3 Å². The van der Waals surface area contributed by atoms with E-state index in [0.29, 0.717) is 48.0 Å². The number of thiophene rings is 1. The Bertz CT molecular complexity index is 1470. The molecule has 1 amide bonds. The average molecular weight is 548 g/mol. The van der Waals surface area contributed by atoms with Gasteiger partial charge in [0.05, 0.1) is 23.6 Å². The smallest absolute Gasteiger partial charge is 0.410 e. The van der Waals surface area contributed by atoms with Crippen molar-refractivity contribution in [1.29, 1.82) is 0 Å². The SMILES string of the molecule is CC1(OC(=O)N2CC3COCC(C2)C3Oc2ncnc3c(-c4ccc(S(C)(=O)=O)cc4F)csc23)CC1. The number of hydrogen-bond donors (Lipinski definition) is 0. The molecule has 196 valence electrons. The number of piperidine rings is 1. The zero-order valence-electron chi connectivity index (χ0n) is 20.3. The van der Waals surface area contributed by atoms with E-state index in [0.717, 1.165) is 25.2 Å². The number of aromatic nitrogens is 2. The fourth-order valence-corrected chi connectivity index (χ4v) is 6.56. The van der Waals surface area contributed by atoms with Crippen molar-refractivity contribution in [2.75, 3.05) is 32.6 Å². The van der Waals surface area contributed by atoms with Crippen molar-refractivity contribution in [1.82, 2.24) is 14.9 Å². The van der Waals surface area contributed by atoms with Gasteiger partial charge in [-0.25, -0.2) is 27.6 Å². The summed E-state index contributed by atoms with van der Waals surface area (Å²) < 4.78 is 57.1. The second-order valence-corrected chi connectivity index (χ2v) is 13.2. The number of ether oxygens (including phenoxy) is 3. The van der Waals surface area contributed by atoms with Gasteiger partial charge in [-0.15, -0.1) is 11.3 Å². The van der Waals surface area contributed by atoms with Gasteiger partial charge in [-0.3, -0.25) is 0 Å². The van der Waals surface area contributed by atoms with Gasteiger partial charge >= 0.3 is 6.09 Å². The molecule has 1 saturated carbocycles. The van der Waals surface area contributed by atoms with Gasteiger partial charge in [0.2, 0.25) is 5.88 Å². The molecule has 2 bridgehead atoms. The number of amides is 1. The first-order valence-corrected chi connectivity index (χ1v) is 14.8. The Morgan fingerprint density at radius 3 is 2.57 bits per heavy atom. The second-order valence-electron chi connectivity index (χ2n) is 10.3. The number of benzene rings is 1. The predicted molar refractivity (Wildman–Crippen MR) is 134 cm³/mol. The predicted octanol–water partition coefficient (Wildman–Crippen LogP) is 3.92. The topological polar surface area (TPSA) is 108 Å². The first-order chi connectivity index (χ1) is 17.6. The highest BCUT2D eigenvalue weighted by Gasteiger charge is 2.47. The van der Waals surface area contributed by atoms with E-state index in [4.69, 9.17) is 14.2 Å². The first kappa shape index (κ1) is 24.5. The molecule has 2 aromatic heterocycles. The number of likely N-dealkylation sites (tertiary alicyclic amines) is 1. The van der Waals surface area contributed by atoms with Crippen LogP contribution in [0.5, 0.6) is 5.88 Å². The van der Waals surface area contributed by atoms with Crippen LogP contribution >= 0.6 is 11.3 Å². The molecule has 1 aromatic carbocycles. The highest BCUT2D eigenvalue weighted by Crippen LogP contribution is 2.42. The summed E-state index contributed by atoms with van der Waals surface area (Å²) in [6.45, 7) is 3.82. The molecule has 9 nitrogen and oxygen atoms in total. The van der Waals surface area contributed by atoms with E-state index in [1.165, 1.54) is 29.8 Å². The third-order valence-electron chi connectivity index (χ3n) is 7.28. The molecule has 0 spiro atoms. The number of sulfone groups is 1. The van der Waals surface area contributed by atoms with Crippen molar-refractivity contribution < 1.29 is 31.8 Å². The van der Waals surface area contributed by atoms with E-state index in [-0.39, 0.29) is 40.1 Å². The van der Waals surface area contributed by atoms with Crippen molar-refractivity contribution in [3.8, 4) is 17.0 Å². The van der Waals surface area contributed by atoms with Crippen molar-refractivity contribution >= 4 is 37.5 Å². The molecule has 2 saturated heterocycles. The summed E-state index contributed by atoms with van der Waals surface area (Å²) in [6.07, 6.45) is 3.72. The third kappa shape index (κ3) is 4.66. The summed E-state index contributed by atoms with van der Waals surface area (Å²) in [6, 6.07) is 3.87. The summed E-state index contributed by atoms with van der Waals surface area (Å²) >= 11 is 1.34. The number of carbonyl (C=O) groups excluding carboxylic acids is 1. The molecule has 3 aromatic rings. The summed E-state index contributed by atoms with van der Waals surface area (Å²) in [4.78, 5) is 23.1. The van der Waals surface area contributed by atoms with Gasteiger partial charge in [0.1, 0.15) is 28.5 Å². The van der Waals surface area contributed by atoms with E-state index in [2.05, 4.69) is 9.97 Å². The van der Waals surface area contributed by atoms with Gasteiger partial charge in [-0.2, -0.15) is 0 Å². The van der Waals surface area contributed by atoms with Crippen LogP contribution in [0.25, 0.3) is 21.3 Å². The number of hydrogen-bond acceptors (Lipinski definition) is 9. The molecule has 0 radical (unpaired) electrons. The van der Waals surface area contributed by atoms with E-state index in [1.807, 2.05) is 6.92 Å². The minimum atomic E-state index is -3.53. The van der Waals surface area contributed by atoms with E-state index < -0.39 is 15.7 Å². The number of carbonyl (C=O) groups is 1. The maximum atomic E-state index is 14.9. The molecule has 37 heavy (non-hydrogen) atoms. The van der Waals surface area contributed by atoms with E-state index in [1.54, 1.807) is 10.3 Å². The molecule has 0 N–H and O–H groups in total. The van der Waals surface area contributed by atoms with Crippen LogP contribution in [-0.4, -0.2) is 73.6 Å². The third-order valence-corrected chi connectivity index (χ3v) is 9.34. The monoisotopic (exact) mass is 547 g/mol. The number of nitrogens with zero attached hydrogens (tertiary/aromatic N) is 3. The van der Waals surface area contributed by atoms with Crippen LogP contribution in [0, 0.1) is 17.7 Å². The average Bonchev–Trinajstić information content (AvgIpc) is 3.40. The highest BCUT2D eigenvalue weighted by molar-refractivity contribution is 7.90. The largest absolute Gasteiger partial charge is 0.472 e. The lowest BCUT2D eigenvalue weighted by molar-refractivity contribution is -0.111. The summed E-state index contributed by atoms with van der Waals surface area (Å²) in [5.41, 5.74) is 0.995. The van der Waals surface area contributed by atoms with Crippen molar-refractivity contribution in [2.24, 2.45) is 11.8 Å². The van der Waals surface area contributed by atoms with Crippen LogP contribution in [0.2, 0.25) is 0 Å². The molecule has 3 aliphatic rings. The van der Waals surface area contributed by atoms with Crippen molar-refractivity contribution in [3.63, 3.8) is 0 Å². The lowest BCUT2D eigenvalue weighted by atomic mass is 9.84. The minimum absolute atomic E-state index is 0.0440. The van der Waals surface area contributed by atoms with Crippen LogP contribution in [0.4, 0.5) is 9.18 Å². The van der Waals surface area contributed by atoms with Gasteiger partial charge in [0.25, 0.3) is 0 Å². The van der Waals surface area contributed by atoms with Crippen LogP contribution in [0.1, 0.15) is 19.8 Å². The Morgan fingerprint density at radius 1 is 1.19 bits per heavy atom. The standard InChI is InChI=1S/C25H26FN3O6S2/c1-25(5-6-25)35-24(30)29-8-14-10-33-11-15(9-29)21(14)34-23-22-20(27-13-28-23)18(12-36-22)17-4-3-16(7-19(17)26)37(2,31)32/h3-4,7,12-15,21H,5-6,8-11H2,1-2H3. The Morgan fingerprint density at radius 2 is 1.92 bits per heavy atom. The molecule has 3 fully saturated rings. The fourth-order valence-electron chi connectivity index (χ4n) is 4.97. The van der Waals surface area contributed by atoms with Gasteiger partial charge < -0.3 is 19.1 Å².